The number of hydrogen-bond donors (Lipinski definition) is 0. The van der Waals surface area contributed by atoms with Crippen LogP contribution in [0.3, 0.4) is 0 Å². The van der Waals surface area contributed by atoms with Crippen molar-refractivity contribution in [3.05, 3.63) is 48.5 Å². The molecule has 2 atom stereocenters. The summed E-state index contributed by atoms with van der Waals surface area (Å²) in [6.45, 7) is 8.02. The first kappa shape index (κ1) is 14.4. The van der Waals surface area contributed by atoms with Gasteiger partial charge in [-0.2, -0.15) is 0 Å². The van der Waals surface area contributed by atoms with Gasteiger partial charge in [0, 0.05) is 0 Å². The topological polar surface area (TPSA) is 8.81 Å². The summed E-state index contributed by atoms with van der Waals surface area (Å²) in [6, 6.07) is 8.92. The Morgan fingerprint density at radius 2 is 1.95 bits per heavy atom. The van der Waals surface area contributed by atoms with Gasteiger partial charge in [-0.15, -0.1) is 0 Å². The second kappa shape index (κ2) is 6.05. The maximum Gasteiger partial charge on any atom is 0.248 e. The van der Waals surface area contributed by atoms with Crippen LogP contribution in [-0.4, -0.2) is 4.57 Å². The molecular weight excluding hydrogens is 256 g/mol. The number of aromatic nitrogens is 2. The monoisotopic (exact) mass is 283 g/mol. The highest BCUT2D eigenvalue weighted by Gasteiger charge is 2.23. The van der Waals surface area contributed by atoms with Crippen molar-refractivity contribution < 1.29 is 4.57 Å². The zero-order valence-electron chi connectivity index (χ0n) is 13.5. The minimum Gasteiger partial charge on any atom is -0.236 e. The molecule has 1 saturated carbocycles. The van der Waals surface area contributed by atoms with Crippen LogP contribution in [0.15, 0.2) is 43.0 Å². The Labute approximate surface area is 128 Å². The van der Waals surface area contributed by atoms with Crippen molar-refractivity contribution in [3.8, 4) is 5.69 Å². The van der Waals surface area contributed by atoms with Crippen LogP contribution in [0.25, 0.3) is 5.69 Å². The number of benzene rings is 1. The molecule has 3 rings (SSSR count). The fourth-order valence-electron chi connectivity index (χ4n) is 3.48. The fourth-order valence-corrected chi connectivity index (χ4v) is 3.48. The van der Waals surface area contributed by atoms with E-state index in [0.29, 0.717) is 5.92 Å². The quantitative estimate of drug-likeness (QED) is 0.739. The third-order valence-corrected chi connectivity index (χ3v) is 4.82. The average molecular weight is 283 g/mol. The van der Waals surface area contributed by atoms with Crippen molar-refractivity contribution in [1.29, 1.82) is 0 Å². The lowest BCUT2D eigenvalue weighted by molar-refractivity contribution is -0.702. The Hall–Kier alpha value is -1.57. The van der Waals surface area contributed by atoms with Crippen LogP contribution in [0.1, 0.15) is 51.5 Å². The Kier molecular flexibility index (Phi) is 4.14. The Morgan fingerprint density at radius 1 is 1.19 bits per heavy atom. The molecule has 1 aromatic heterocycles. The smallest absolute Gasteiger partial charge is 0.236 e. The van der Waals surface area contributed by atoms with Crippen molar-refractivity contribution in [2.75, 3.05) is 0 Å². The van der Waals surface area contributed by atoms with Crippen LogP contribution in [-0.2, 0) is 6.54 Å². The van der Waals surface area contributed by atoms with E-state index < -0.39 is 0 Å². The van der Waals surface area contributed by atoms with Crippen molar-refractivity contribution in [3.63, 3.8) is 0 Å². The minimum atomic E-state index is 0.595. The van der Waals surface area contributed by atoms with Crippen molar-refractivity contribution in [1.82, 2.24) is 4.57 Å². The van der Waals surface area contributed by atoms with Crippen LogP contribution < -0.4 is 4.57 Å². The first-order valence-corrected chi connectivity index (χ1v) is 8.29. The van der Waals surface area contributed by atoms with Crippen LogP contribution in [0.5, 0.6) is 0 Å². The first-order valence-electron chi connectivity index (χ1n) is 8.29. The molecular formula is C19H27N2+. The average Bonchev–Trinajstić information content (AvgIpc) is 3.09. The predicted molar refractivity (Wildman–Crippen MR) is 86.6 cm³/mol. The van der Waals surface area contributed by atoms with Crippen LogP contribution in [0.4, 0.5) is 0 Å². The summed E-state index contributed by atoms with van der Waals surface area (Å²) < 4.78 is 4.57. The summed E-state index contributed by atoms with van der Waals surface area (Å²) in [5.41, 5.74) is 2.65. The summed E-state index contributed by atoms with van der Waals surface area (Å²) >= 11 is 0. The van der Waals surface area contributed by atoms with Gasteiger partial charge in [-0.3, -0.25) is 0 Å². The fraction of sp³-hybridized carbons (Fsp3) is 0.526. The lowest BCUT2D eigenvalue weighted by Crippen LogP contribution is -2.34. The van der Waals surface area contributed by atoms with E-state index in [1.54, 1.807) is 0 Å². The highest BCUT2D eigenvalue weighted by Crippen LogP contribution is 2.30. The van der Waals surface area contributed by atoms with Crippen LogP contribution in [0, 0.1) is 11.8 Å². The highest BCUT2D eigenvalue weighted by molar-refractivity contribution is 5.35. The molecule has 0 saturated heterocycles. The van der Waals surface area contributed by atoms with Crippen molar-refractivity contribution in [2.45, 2.75) is 52.5 Å². The summed E-state index contributed by atoms with van der Waals surface area (Å²) in [5, 5.41) is 0. The predicted octanol–water partition coefficient (Wildman–Crippen LogP) is 4.32. The first-order chi connectivity index (χ1) is 10.1. The highest BCUT2D eigenvalue weighted by atomic mass is 15.1. The largest absolute Gasteiger partial charge is 0.248 e. The molecule has 2 heteroatoms. The molecule has 2 nitrogen and oxygen atoms in total. The lowest BCUT2D eigenvalue weighted by Gasteiger charge is -2.06. The molecule has 1 aromatic carbocycles. The van der Waals surface area contributed by atoms with Gasteiger partial charge in [0.05, 0.1) is 6.54 Å². The van der Waals surface area contributed by atoms with E-state index in [4.69, 9.17) is 0 Å². The van der Waals surface area contributed by atoms with E-state index in [2.05, 4.69) is 72.9 Å². The summed E-state index contributed by atoms with van der Waals surface area (Å²) in [4.78, 5) is 0. The molecule has 1 fully saturated rings. The number of rotatable bonds is 4. The SMILES string of the molecule is CC1CCC(C[n+]2ccn(-c3ccc(C(C)C)cc3)c2)C1. The van der Waals surface area contributed by atoms with Crippen LogP contribution in [0.2, 0.25) is 0 Å². The molecule has 21 heavy (non-hydrogen) atoms. The number of nitrogens with zero attached hydrogens (tertiary/aromatic N) is 2. The molecule has 0 radical (unpaired) electrons. The molecule has 2 unspecified atom stereocenters. The summed E-state index contributed by atoms with van der Waals surface area (Å²) in [6.07, 6.45) is 10.8. The van der Waals surface area contributed by atoms with Gasteiger partial charge < -0.3 is 0 Å². The zero-order valence-corrected chi connectivity index (χ0v) is 13.5. The van der Waals surface area contributed by atoms with E-state index in [-0.39, 0.29) is 0 Å². The van der Waals surface area contributed by atoms with Gasteiger partial charge in [0.15, 0.2) is 0 Å². The number of hydrogen-bond acceptors (Lipinski definition) is 0. The van der Waals surface area contributed by atoms with Gasteiger partial charge in [-0.05, 0) is 48.3 Å². The van der Waals surface area contributed by atoms with Crippen LogP contribution >= 0.6 is 0 Å². The standard InChI is InChI=1S/C19H27N2/c1-15(2)18-6-8-19(9-7-18)21-11-10-20(14-21)13-17-5-4-16(3)12-17/h6-11,14-17H,4-5,12-13H2,1-3H3/q+1. The number of imidazole rings is 1. The third kappa shape index (κ3) is 3.37. The van der Waals surface area contributed by atoms with E-state index in [1.807, 2.05) is 0 Å². The second-order valence-corrected chi connectivity index (χ2v) is 7.05. The molecule has 0 N–H and O–H groups in total. The van der Waals surface area contributed by atoms with Crippen molar-refractivity contribution >= 4 is 0 Å². The van der Waals surface area contributed by atoms with Gasteiger partial charge in [0.2, 0.25) is 6.33 Å². The Bertz CT molecular complexity index is 580. The summed E-state index contributed by atoms with van der Waals surface area (Å²) in [7, 11) is 0. The van der Waals surface area contributed by atoms with Gasteiger partial charge in [0.25, 0.3) is 0 Å². The van der Waals surface area contributed by atoms with Crippen molar-refractivity contribution in [2.24, 2.45) is 11.8 Å². The maximum atomic E-state index is 2.38. The zero-order chi connectivity index (χ0) is 14.8. The summed E-state index contributed by atoms with van der Waals surface area (Å²) in [5.74, 6) is 2.38. The molecule has 112 valence electrons. The molecule has 0 aliphatic heterocycles. The molecule has 1 aliphatic rings. The maximum absolute atomic E-state index is 2.38. The molecule has 0 bridgehead atoms. The molecule has 0 spiro atoms. The van der Waals surface area contributed by atoms with Gasteiger partial charge in [-0.25, -0.2) is 9.13 Å². The van der Waals surface area contributed by atoms with E-state index >= 15 is 0 Å². The molecule has 1 heterocycles. The normalized spacial score (nSPS) is 22.1. The van der Waals surface area contributed by atoms with E-state index in [0.717, 1.165) is 11.8 Å². The Balaban J connectivity index is 1.69. The van der Waals surface area contributed by atoms with E-state index in [1.165, 1.54) is 37.1 Å². The molecule has 2 aromatic rings. The lowest BCUT2D eigenvalue weighted by atomic mass is 10.0. The Morgan fingerprint density at radius 3 is 2.57 bits per heavy atom. The van der Waals surface area contributed by atoms with Gasteiger partial charge >= 0.3 is 0 Å². The van der Waals surface area contributed by atoms with Gasteiger partial charge in [-0.1, -0.05) is 39.3 Å². The minimum absolute atomic E-state index is 0.595. The molecule has 0 amide bonds. The molecule has 1 aliphatic carbocycles. The van der Waals surface area contributed by atoms with Gasteiger partial charge in [0.1, 0.15) is 18.1 Å². The van der Waals surface area contributed by atoms with E-state index in [9.17, 15) is 0 Å². The second-order valence-electron chi connectivity index (χ2n) is 7.05. The third-order valence-electron chi connectivity index (χ3n) is 4.82.